The van der Waals surface area contributed by atoms with Gasteiger partial charge in [0.05, 0.1) is 19.1 Å². The van der Waals surface area contributed by atoms with Crippen LogP contribution in [-0.4, -0.2) is 30.0 Å². The van der Waals surface area contributed by atoms with Crippen LogP contribution < -0.4 is 0 Å². The molecule has 3 unspecified atom stereocenters. The molecule has 4 nitrogen and oxygen atoms in total. The van der Waals surface area contributed by atoms with Crippen molar-refractivity contribution in [2.45, 2.75) is 76.0 Å². The Bertz CT molecular complexity index is 893. The second-order valence-electron chi connectivity index (χ2n) is 10.0. The lowest BCUT2D eigenvalue weighted by Crippen LogP contribution is -2.39. The van der Waals surface area contributed by atoms with Gasteiger partial charge in [0.15, 0.2) is 0 Å². The molecule has 5 heteroatoms. The van der Waals surface area contributed by atoms with Crippen molar-refractivity contribution in [1.82, 2.24) is 0 Å². The number of ether oxygens (including phenoxy) is 2. The van der Waals surface area contributed by atoms with Crippen LogP contribution in [0.5, 0.6) is 0 Å². The van der Waals surface area contributed by atoms with Crippen molar-refractivity contribution < 1.29 is 19.1 Å². The second-order valence-corrected chi connectivity index (χ2v) is 11.8. The Morgan fingerprint density at radius 3 is 2.00 bits per heavy atom. The van der Waals surface area contributed by atoms with E-state index in [2.05, 4.69) is 83.5 Å². The number of rotatable bonds is 13. The minimum absolute atomic E-state index is 0.291. The summed E-state index contributed by atoms with van der Waals surface area (Å²) in [7, 11) is 1.34. The number of methoxy groups -OCH3 is 1. The highest BCUT2D eigenvalue weighted by Crippen LogP contribution is 2.36. The van der Waals surface area contributed by atoms with Crippen LogP contribution in [0.1, 0.15) is 82.8 Å². The predicted molar refractivity (Wildman–Crippen MR) is 141 cm³/mol. The molecular weight excluding hydrogens is 492 g/mol. The number of alkyl halides is 1. The molecule has 2 aromatic carbocycles. The molecule has 0 bridgehead atoms. The Labute approximate surface area is 213 Å². The number of hydrogen-bond acceptors (Lipinski definition) is 4. The van der Waals surface area contributed by atoms with Crippen molar-refractivity contribution in [2.75, 3.05) is 13.7 Å². The summed E-state index contributed by atoms with van der Waals surface area (Å²) in [4.78, 5) is 24.6. The number of carbonyl (C=O) groups is 2. The fourth-order valence-corrected chi connectivity index (χ4v) is 5.39. The highest BCUT2D eigenvalue weighted by Gasteiger charge is 2.42. The lowest BCUT2D eigenvalue weighted by atomic mass is 9.83. The van der Waals surface area contributed by atoms with Crippen LogP contribution in [-0.2, 0) is 19.1 Å². The van der Waals surface area contributed by atoms with Gasteiger partial charge in [-0.2, -0.15) is 0 Å². The van der Waals surface area contributed by atoms with Gasteiger partial charge in [-0.25, -0.2) is 0 Å². The maximum atomic E-state index is 12.7. The maximum Gasteiger partial charge on any atom is 0.322 e. The van der Waals surface area contributed by atoms with Gasteiger partial charge in [-0.05, 0) is 75.8 Å². The molecule has 3 atom stereocenters. The molecule has 34 heavy (non-hydrogen) atoms. The van der Waals surface area contributed by atoms with Crippen molar-refractivity contribution in [1.29, 1.82) is 0 Å². The third-order valence-electron chi connectivity index (χ3n) is 6.40. The molecule has 0 radical (unpaired) electrons. The molecule has 0 spiro atoms. The van der Waals surface area contributed by atoms with Gasteiger partial charge >= 0.3 is 11.9 Å². The SMILES string of the molecule is COC(=O)C(C)(Br)CC(C)(C)C(=O)OCCCCC(CC(C)c1ccccc1)c1ccccc1. The van der Waals surface area contributed by atoms with E-state index >= 15 is 0 Å². The first-order valence-corrected chi connectivity index (χ1v) is 12.9. The highest BCUT2D eigenvalue weighted by atomic mass is 79.9. The first-order valence-electron chi connectivity index (χ1n) is 12.1. The van der Waals surface area contributed by atoms with E-state index in [0.29, 0.717) is 24.9 Å². The van der Waals surface area contributed by atoms with E-state index in [4.69, 9.17) is 9.47 Å². The average Bonchev–Trinajstić information content (AvgIpc) is 2.82. The van der Waals surface area contributed by atoms with Crippen LogP contribution in [0.25, 0.3) is 0 Å². The summed E-state index contributed by atoms with van der Waals surface area (Å²) < 4.78 is 9.49. The van der Waals surface area contributed by atoms with Crippen LogP contribution in [0.4, 0.5) is 0 Å². The Morgan fingerprint density at radius 1 is 0.882 bits per heavy atom. The summed E-state index contributed by atoms with van der Waals surface area (Å²) in [6, 6.07) is 21.3. The zero-order valence-corrected chi connectivity index (χ0v) is 22.8. The van der Waals surface area contributed by atoms with Gasteiger partial charge in [0.25, 0.3) is 0 Å². The van der Waals surface area contributed by atoms with E-state index in [1.54, 1.807) is 20.8 Å². The van der Waals surface area contributed by atoms with E-state index in [9.17, 15) is 9.59 Å². The fraction of sp³-hybridized carbons (Fsp3) is 0.517. The molecule has 0 N–H and O–H groups in total. The van der Waals surface area contributed by atoms with Crippen LogP contribution >= 0.6 is 15.9 Å². The second kappa shape index (κ2) is 13.1. The topological polar surface area (TPSA) is 52.6 Å². The molecule has 0 saturated heterocycles. The van der Waals surface area contributed by atoms with Gasteiger partial charge in [-0.1, -0.05) is 83.5 Å². The largest absolute Gasteiger partial charge is 0.468 e. The minimum atomic E-state index is -0.928. The van der Waals surface area contributed by atoms with Gasteiger partial charge in [0.1, 0.15) is 4.32 Å². The van der Waals surface area contributed by atoms with Gasteiger partial charge in [0, 0.05) is 0 Å². The Morgan fingerprint density at radius 2 is 1.44 bits per heavy atom. The van der Waals surface area contributed by atoms with E-state index in [1.807, 2.05) is 0 Å². The standard InChI is InChI=1S/C29H39BrO4/c1-22(23-14-8-6-9-15-23)20-25(24-16-10-7-11-17-24)18-12-13-19-34-26(31)28(2,3)21-29(4,30)27(32)33-5/h6-11,14-17,22,25H,12-13,18-21H2,1-5H3. The summed E-state index contributed by atoms with van der Waals surface area (Å²) in [5.41, 5.74) is 1.93. The Kier molecular flexibility index (Phi) is 10.8. The summed E-state index contributed by atoms with van der Waals surface area (Å²) in [6.45, 7) is 7.99. The van der Waals surface area contributed by atoms with Crippen molar-refractivity contribution in [3.63, 3.8) is 0 Å². The zero-order chi connectivity index (χ0) is 25.2. The molecule has 0 aliphatic rings. The lowest BCUT2D eigenvalue weighted by Gasteiger charge is -2.29. The van der Waals surface area contributed by atoms with Crippen LogP contribution in [0.3, 0.4) is 0 Å². The molecular formula is C29H39BrO4. The number of benzene rings is 2. The predicted octanol–water partition coefficient (Wildman–Crippen LogP) is 7.42. The summed E-state index contributed by atoms with van der Waals surface area (Å²) in [5.74, 6) is 0.237. The molecule has 0 aliphatic carbocycles. The molecule has 0 aliphatic heterocycles. The van der Waals surface area contributed by atoms with Gasteiger partial charge in [-0.3, -0.25) is 9.59 Å². The van der Waals surface area contributed by atoms with E-state index in [1.165, 1.54) is 18.2 Å². The third-order valence-corrected chi connectivity index (χ3v) is 7.00. The molecule has 186 valence electrons. The Balaban J connectivity index is 1.87. The van der Waals surface area contributed by atoms with Crippen molar-refractivity contribution in [3.05, 3.63) is 71.8 Å². The number of unbranched alkanes of at least 4 members (excludes halogenated alkanes) is 1. The monoisotopic (exact) mass is 530 g/mol. The minimum Gasteiger partial charge on any atom is -0.468 e. The highest BCUT2D eigenvalue weighted by molar-refractivity contribution is 9.10. The average molecular weight is 532 g/mol. The van der Waals surface area contributed by atoms with Crippen LogP contribution in [0, 0.1) is 5.41 Å². The third kappa shape index (κ3) is 8.57. The molecule has 0 amide bonds. The molecule has 0 saturated carbocycles. The molecule has 2 aromatic rings. The quantitative estimate of drug-likeness (QED) is 0.153. The number of hydrogen-bond donors (Lipinski definition) is 0. The zero-order valence-electron chi connectivity index (χ0n) is 21.2. The van der Waals surface area contributed by atoms with Gasteiger partial charge in [0.2, 0.25) is 0 Å². The summed E-state index contributed by atoms with van der Waals surface area (Å²) in [5, 5.41) is 0. The normalized spacial score (nSPS) is 15.1. The molecule has 0 aromatic heterocycles. The molecule has 0 fully saturated rings. The van der Waals surface area contributed by atoms with Gasteiger partial charge < -0.3 is 9.47 Å². The maximum absolute atomic E-state index is 12.7. The first kappa shape index (κ1) is 28.1. The lowest BCUT2D eigenvalue weighted by molar-refractivity contribution is -0.156. The van der Waals surface area contributed by atoms with Crippen LogP contribution in [0.15, 0.2) is 60.7 Å². The van der Waals surface area contributed by atoms with Crippen molar-refractivity contribution in [3.8, 4) is 0 Å². The molecule has 0 heterocycles. The number of halogens is 1. The van der Waals surface area contributed by atoms with E-state index in [0.717, 1.165) is 25.7 Å². The summed E-state index contributed by atoms with van der Waals surface area (Å²) >= 11 is 3.40. The van der Waals surface area contributed by atoms with Gasteiger partial charge in [-0.15, -0.1) is 0 Å². The van der Waals surface area contributed by atoms with E-state index < -0.39 is 15.7 Å². The fourth-order valence-electron chi connectivity index (χ4n) is 4.53. The van der Waals surface area contributed by atoms with Crippen LogP contribution in [0.2, 0.25) is 0 Å². The summed E-state index contributed by atoms with van der Waals surface area (Å²) in [6.07, 6.45) is 4.21. The number of esters is 2. The molecule has 2 rings (SSSR count). The Hall–Kier alpha value is -2.14. The first-order chi connectivity index (χ1) is 16.1. The number of carbonyl (C=O) groups excluding carboxylic acids is 2. The van der Waals surface area contributed by atoms with Crippen molar-refractivity contribution in [2.24, 2.45) is 5.41 Å². The smallest absolute Gasteiger partial charge is 0.322 e. The van der Waals surface area contributed by atoms with E-state index in [-0.39, 0.29) is 5.97 Å². The van der Waals surface area contributed by atoms with Crippen molar-refractivity contribution >= 4 is 27.9 Å².